The van der Waals surface area contributed by atoms with E-state index in [-0.39, 0.29) is 5.11 Å². The van der Waals surface area contributed by atoms with Gasteiger partial charge in [-0.1, -0.05) is 24.3 Å². The van der Waals surface area contributed by atoms with E-state index in [9.17, 15) is 0 Å². The summed E-state index contributed by atoms with van der Waals surface area (Å²) < 4.78 is 0. The molecule has 100 valence electrons. The molecule has 0 fully saturated rings. The Bertz CT molecular complexity index is 661. The van der Waals surface area contributed by atoms with Crippen LogP contribution in [0.25, 0.3) is 11.3 Å². The Morgan fingerprint density at radius 3 is 2.60 bits per heavy atom. The highest BCUT2D eigenvalue weighted by atomic mass is 32.1. The van der Waals surface area contributed by atoms with Gasteiger partial charge in [-0.05, 0) is 17.8 Å². The van der Waals surface area contributed by atoms with E-state index in [1.165, 1.54) is 12.5 Å². The van der Waals surface area contributed by atoms with E-state index >= 15 is 0 Å². The molecule has 6 nitrogen and oxygen atoms in total. The topological polar surface area (TPSA) is 105 Å². The lowest BCUT2D eigenvalue weighted by molar-refractivity contribution is 1.07. The van der Waals surface area contributed by atoms with Crippen molar-refractivity contribution in [1.29, 1.82) is 5.26 Å². The van der Waals surface area contributed by atoms with Crippen molar-refractivity contribution in [3.8, 4) is 17.5 Å². The van der Waals surface area contributed by atoms with E-state index in [0.29, 0.717) is 17.9 Å². The van der Waals surface area contributed by atoms with Crippen LogP contribution in [0.15, 0.2) is 36.8 Å². The van der Waals surface area contributed by atoms with Crippen molar-refractivity contribution in [1.82, 2.24) is 9.97 Å². The van der Waals surface area contributed by atoms with Gasteiger partial charge in [0.15, 0.2) is 11.3 Å². The molecule has 1 aromatic heterocycles. The van der Waals surface area contributed by atoms with Gasteiger partial charge in [0, 0.05) is 12.1 Å². The monoisotopic (exact) mass is 284 g/mol. The van der Waals surface area contributed by atoms with Gasteiger partial charge in [0.05, 0.1) is 11.9 Å². The smallest absolute Gasteiger partial charge is 0.191 e. The van der Waals surface area contributed by atoms with Gasteiger partial charge in [0.1, 0.15) is 12.0 Å². The van der Waals surface area contributed by atoms with Crippen molar-refractivity contribution in [2.45, 2.75) is 6.54 Å². The molecule has 1 heterocycles. The minimum Gasteiger partial charge on any atom is -0.375 e. The predicted molar refractivity (Wildman–Crippen MR) is 80.2 cm³/mol. The molecule has 0 radical (unpaired) electrons. The zero-order valence-electron chi connectivity index (χ0n) is 10.5. The molecule has 4 N–H and O–H groups in total. The summed E-state index contributed by atoms with van der Waals surface area (Å²) in [6.07, 6.45) is 4.83. The molecule has 0 atom stereocenters. The van der Waals surface area contributed by atoms with Crippen LogP contribution >= 0.6 is 12.2 Å². The molecule has 0 aliphatic carbocycles. The summed E-state index contributed by atoms with van der Waals surface area (Å²) in [5.74, 6) is 0. The summed E-state index contributed by atoms with van der Waals surface area (Å²) in [6, 6.07) is 7.56. The van der Waals surface area contributed by atoms with Crippen LogP contribution in [-0.4, -0.2) is 15.1 Å². The zero-order chi connectivity index (χ0) is 14.5. The van der Waals surface area contributed by atoms with E-state index in [1.807, 2.05) is 30.5 Å². The molecule has 20 heavy (non-hydrogen) atoms. The first-order valence-electron chi connectivity index (χ1n) is 5.76. The molecular formula is C13H12N6S. The van der Waals surface area contributed by atoms with E-state index in [0.717, 1.165) is 16.0 Å². The van der Waals surface area contributed by atoms with E-state index in [1.54, 1.807) is 0 Å². The molecule has 0 saturated heterocycles. The van der Waals surface area contributed by atoms with Crippen LogP contribution in [0.3, 0.4) is 0 Å². The second-order valence-corrected chi connectivity index (χ2v) is 4.35. The standard InChI is InChI=1S/C13H12N6S/c14-5-9-1-3-10(4-2-9)12-11(6-17-8-18-12)19(7-15)13(16)20/h1-4,6,8H,5,14H2,(H2,16,20). The van der Waals surface area contributed by atoms with Crippen LogP contribution in [0.5, 0.6) is 0 Å². The minimum atomic E-state index is -0.0536. The molecule has 7 heteroatoms. The van der Waals surface area contributed by atoms with Gasteiger partial charge in [-0.2, -0.15) is 5.26 Å². The molecule has 2 rings (SSSR count). The first kappa shape index (κ1) is 13.9. The Labute approximate surface area is 121 Å². The number of nitrogens with zero attached hydrogens (tertiary/aromatic N) is 4. The fourth-order valence-corrected chi connectivity index (χ4v) is 1.87. The number of anilines is 1. The molecule has 2 aromatic rings. The second-order valence-electron chi connectivity index (χ2n) is 3.93. The number of aromatic nitrogens is 2. The highest BCUT2D eigenvalue weighted by Crippen LogP contribution is 2.27. The van der Waals surface area contributed by atoms with Crippen molar-refractivity contribution in [3.05, 3.63) is 42.4 Å². The molecular weight excluding hydrogens is 272 g/mol. The number of benzene rings is 1. The summed E-state index contributed by atoms with van der Waals surface area (Å²) in [6.45, 7) is 0.466. The van der Waals surface area contributed by atoms with Crippen LogP contribution in [0.2, 0.25) is 0 Å². The van der Waals surface area contributed by atoms with Gasteiger partial charge in [-0.3, -0.25) is 0 Å². The number of hydrogen-bond acceptors (Lipinski definition) is 5. The van der Waals surface area contributed by atoms with Crippen molar-refractivity contribution in [3.63, 3.8) is 0 Å². The Morgan fingerprint density at radius 2 is 2.05 bits per heavy atom. The van der Waals surface area contributed by atoms with E-state index in [2.05, 4.69) is 9.97 Å². The molecule has 0 unspecified atom stereocenters. The third kappa shape index (κ3) is 2.71. The maximum atomic E-state index is 9.14. The Kier molecular flexibility index (Phi) is 4.20. The van der Waals surface area contributed by atoms with E-state index < -0.39 is 0 Å². The molecule has 0 aliphatic heterocycles. The maximum Gasteiger partial charge on any atom is 0.191 e. The molecule has 1 aromatic carbocycles. The molecule has 0 saturated carbocycles. The first-order valence-corrected chi connectivity index (χ1v) is 6.17. The number of nitriles is 1. The number of thiocarbonyl (C=S) groups is 1. The average molecular weight is 284 g/mol. The van der Waals surface area contributed by atoms with Crippen molar-refractivity contribution in [2.75, 3.05) is 4.90 Å². The van der Waals surface area contributed by atoms with Crippen LogP contribution in [0, 0.1) is 11.5 Å². The normalized spacial score (nSPS) is 9.80. The Morgan fingerprint density at radius 1 is 1.35 bits per heavy atom. The van der Waals surface area contributed by atoms with Gasteiger partial charge in [-0.15, -0.1) is 0 Å². The lowest BCUT2D eigenvalue weighted by Gasteiger charge is -2.16. The van der Waals surface area contributed by atoms with Crippen LogP contribution < -0.4 is 16.4 Å². The van der Waals surface area contributed by atoms with Crippen molar-refractivity contribution >= 4 is 23.0 Å². The van der Waals surface area contributed by atoms with Crippen LogP contribution in [0.4, 0.5) is 5.69 Å². The van der Waals surface area contributed by atoms with Gasteiger partial charge >= 0.3 is 0 Å². The highest BCUT2D eigenvalue weighted by molar-refractivity contribution is 7.80. The largest absolute Gasteiger partial charge is 0.375 e. The highest BCUT2D eigenvalue weighted by Gasteiger charge is 2.16. The quantitative estimate of drug-likeness (QED) is 0.494. The van der Waals surface area contributed by atoms with Crippen molar-refractivity contribution < 1.29 is 0 Å². The second kappa shape index (κ2) is 6.06. The number of rotatable bonds is 3. The molecule has 0 spiro atoms. The maximum absolute atomic E-state index is 9.14. The number of nitrogens with two attached hydrogens (primary N) is 2. The Hall–Kier alpha value is -2.56. The molecule has 0 aliphatic rings. The summed E-state index contributed by atoms with van der Waals surface area (Å²) in [7, 11) is 0. The summed E-state index contributed by atoms with van der Waals surface area (Å²) in [5.41, 5.74) is 14.0. The van der Waals surface area contributed by atoms with Crippen LogP contribution in [0.1, 0.15) is 5.56 Å². The summed E-state index contributed by atoms with van der Waals surface area (Å²) in [5, 5.41) is 9.09. The summed E-state index contributed by atoms with van der Waals surface area (Å²) >= 11 is 4.86. The lowest BCUT2D eigenvalue weighted by Crippen LogP contribution is -2.31. The van der Waals surface area contributed by atoms with Gasteiger partial charge in [0.2, 0.25) is 0 Å². The van der Waals surface area contributed by atoms with Gasteiger partial charge in [-0.25, -0.2) is 14.9 Å². The lowest BCUT2D eigenvalue weighted by atomic mass is 10.1. The summed E-state index contributed by atoms with van der Waals surface area (Å²) in [4.78, 5) is 9.23. The van der Waals surface area contributed by atoms with Gasteiger partial charge < -0.3 is 11.5 Å². The SMILES string of the molecule is N#CN(C(N)=S)c1cncnc1-c1ccc(CN)cc1. The predicted octanol–water partition coefficient (Wildman–Crippen LogP) is 1.13. The fraction of sp³-hybridized carbons (Fsp3) is 0.0769. The van der Waals surface area contributed by atoms with Gasteiger partial charge in [0.25, 0.3) is 0 Å². The zero-order valence-corrected chi connectivity index (χ0v) is 11.3. The number of hydrogen-bond donors (Lipinski definition) is 2. The first-order chi connectivity index (χ1) is 9.67. The third-order valence-corrected chi connectivity index (χ3v) is 2.90. The molecule has 0 amide bonds. The Balaban J connectivity index is 2.51. The third-order valence-electron chi connectivity index (χ3n) is 2.72. The molecule has 0 bridgehead atoms. The minimum absolute atomic E-state index is 0.0536. The average Bonchev–Trinajstić information content (AvgIpc) is 2.48. The van der Waals surface area contributed by atoms with Crippen molar-refractivity contribution in [2.24, 2.45) is 11.5 Å². The fourth-order valence-electron chi connectivity index (χ4n) is 1.73. The van der Waals surface area contributed by atoms with Crippen LogP contribution in [-0.2, 0) is 6.54 Å². The van der Waals surface area contributed by atoms with E-state index in [4.69, 9.17) is 28.9 Å².